The molecular weight excluding hydrogens is 464 g/mol. The van der Waals surface area contributed by atoms with Crippen LogP contribution in [0, 0.1) is 6.92 Å². The van der Waals surface area contributed by atoms with Gasteiger partial charge in [0.15, 0.2) is 8.32 Å². The van der Waals surface area contributed by atoms with Gasteiger partial charge in [0, 0.05) is 0 Å². The molecule has 1 aliphatic heterocycles. The van der Waals surface area contributed by atoms with Gasteiger partial charge < -0.3 is 9.16 Å². The van der Waals surface area contributed by atoms with Crippen LogP contribution in [0.25, 0.3) is 0 Å². The van der Waals surface area contributed by atoms with E-state index >= 15 is 0 Å². The standard InChI is InChI=1S/C27H48O5SSi/c1-23-17-19-26(20-18-23)33(28,29)31-22-25(32-34(5,6)27(2,3)4)16-14-12-10-8-7-9-11-13-15-24-21-30-24/h17-20,24-25H,7-16,21-22H2,1-6H3/t24-,25+/m0/s1. The van der Waals surface area contributed by atoms with Crippen LogP contribution in [0.4, 0.5) is 0 Å². The largest absolute Gasteiger partial charge is 0.412 e. The molecule has 0 unspecified atom stereocenters. The summed E-state index contributed by atoms with van der Waals surface area (Å²) in [4.78, 5) is 0.203. The maximum Gasteiger partial charge on any atom is 0.297 e. The zero-order chi connectivity index (χ0) is 25.2. The van der Waals surface area contributed by atoms with E-state index in [9.17, 15) is 8.42 Å². The molecule has 0 aromatic heterocycles. The van der Waals surface area contributed by atoms with Crippen molar-refractivity contribution in [3.8, 4) is 0 Å². The predicted molar refractivity (Wildman–Crippen MR) is 142 cm³/mol. The molecule has 1 aromatic rings. The molecular formula is C27H48O5SSi. The highest BCUT2D eigenvalue weighted by Gasteiger charge is 2.39. The summed E-state index contributed by atoms with van der Waals surface area (Å²) < 4.78 is 42.7. The first kappa shape index (κ1) is 29.5. The smallest absolute Gasteiger partial charge is 0.297 e. The van der Waals surface area contributed by atoms with Gasteiger partial charge in [0.1, 0.15) is 0 Å². The van der Waals surface area contributed by atoms with Gasteiger partial charge in [0.2, 0.25) is 0 Å². The van der Waals surface area contributed by atoms with Crippen LogP contribution in [-0.4, -0.2) is 42.2 Å². The van der Waals surface area contributed by atoms with E-state index in [1.807, 2.05) is 6.92 Å². The summed E-state index contributed by atoms with van der Waals surface area (Å²) in [5.41, 5.74) is 1.02. The SMILES string of the molecule is Cc1ccc(S(=O)(=O)OC[C@@H](CCCCCCCCCC[C@H]2CO2)O[Si](C)(C)C(C)(C)C)cc1. The quantitative estimate of drug-likeness (QED) is 0.0942. The monoisotopic (exact) mass is 512 g/mol. The molecule has 0 aliphatic carbocycles. The normalized spacial score (nSPS) is 17.6. The second kappa shape index (κ2) is 13.5. The lowest BCUT2D eigenvalue weighted by molar-refractivity contribution is 0.108. The molecule has 7 heteroatoms. The summed E-state index contributed by atoms with van der Waals surface area (Å²) in [6.45, 7) is 14.0. The molecule has 1 aliphatic rings. The van der Waals surface area contributed by atoms with E-state index in [1.54, 1.807) is 24.3 Å². The van der Waals surface area contributed by atoms with Crippen LogP contribution < -0.4 is 0 Å². The minimum absolute atomic E-state index is 0.0622. The zero-order valence-electron chi connectivity index (χ0n) is 22.4. The Morgan fingerprint density at radius 2 is 1.50 bits per heavy atom. The van der Waals surface area contributed by atoms with E-state index in [-0.39, 0.29) is 22.6 Å². The van der Waals surface area contributed by atoms with Crippen molar-refractivity contribution in [3.05, 3.63) is 29.8 Å². The number of rotatable bonds is 17. The Hall–Kier alpha value is -0.733. The Bertz CT molecular complexity index is 810. The van der Waals surface area contributed by atoms with Crippen LogP contribution in [0.5, 0.6) is 0 Å². The average molecular weight is 513 g/mol. The molecule has 34 heavy (non-hydrogen) atoms. The molecule has 0 saturated carbocycles. The molecule has 0 N–H and O–H groups in total. The highest BCUT2D eigenvalue weighted by molar-refractivity contribution is 7.86. The van der Waals surface area contributed by atoms with Crippen molar-refractivity contribution in [1.29, 1.82) is 0 Å². The van der Waals surface area contributed by atoms with E-state index in [4.69, 9.17) is 13.3 Å². The van der Waals surface area contributed by atoms with Crippen molar-refractivity contribution in [3.63, 3.8) is 0 Å². The van der Waals surface area contributed by atoms with E-state index in [0.717, 1.165) is 31.4 Å². The van der Waals surface area contributed by atoms with Gasteiger partial charge in [-0.2, -0.15) is 8.42 Å². The first-order valence-corrected chi connectivity index (χ1v) is 17.5. The van der Waals surface area contributed by atoms with E-state index in [0.29, 0.717) is 6.10 Å². The molecule has 2 atom stereocenters. The minimum atomic E-state index is -3.79. The number of aryl methyl sites for hydroxylation is 1. The lowest BCUT2D eigenvalue weighted by Gasteiger charge is -2.39. The molecule has 1 saturated heterocycles. The Balaban J connectivity index is 1.77. The van der Waals surface area contributed by atoms with Gasteiger partial charge in [0.25, 0.3) is 10.1 Å². The highest BCUT2D eigenvalue weighted by atomic mass is 32.2. The second-order valence-corrected chi connectivity index (χ2v) is 17.8. The average Bonchev–Trinajstić information content (AvgIpc) is 3.57. The van der Waals surface area contributed by atoms with E-state index < -0.39 is 18.4 Å². The molecule has 0 bridgehead atoms. The molecule has 1 heterocycles. The molecule has 0 radical (unpaired) electrons. The summed E-state index contributed by atoms with van der Waals surface area (Å²) in [7, 11) is -5.82. The van der Waals surface area contributed by atoms with Crippen molar-refractivity contribution >= 4 is 18.4 Å². The summed E-state index contributed by atoms with van der Waals surface area (Å²) in [5, 5.41) is 0.0622. The lowest BCUT2D eigenvalue weighted by Crippen LogP contribution is -2.45. The van der Waals surface area contributed by atoms with E-state index in [1.165, 1.54) is 44.9 Å². The van der Waals surface area contributed by atoms with Gasteiger partial charge in [-0.15, -0.1) is 0 Å². The van der Waals surface area contributed by atoms with Gasteiger partial charge in [-0.05, 0) is 50.0 Å². The minimum Gasteiger partial charge on any atom is -0.412 e. The number of hydrogen-bond donors (Lipinski definition) is 0. The first-order chi connectivity index (χ1) is 15.9. The fraction of sp³-hybridized carbons (Fsp3) is 0.778. The van der Waals surface area contributed by atoms with Crippen molar-refractivity contribution in [2.24, 2.45) is 0 Å². The third-order valence-corrected chi connectivity index (χ3v) is 13.0. The maximum atomic E-state index is 12.7. The number of hydrogen-bond acceptors (Lipinski definition) is 5. The van der Waals surface area contributed by atoms with Gasteiger partial charge in [0.05, 0.1) is 30.3 Å². The second-order valence-electron chi connectivity index (χ2n) is 11.4. The predicted octanol–water partition coefficient (Wildman–Crippen LogP) is 7.39. The van der Waals surface area contributed by atoms with E-state index in [2.05, 4.69) is 33.9 Å². The topological polar surface area (TPSA) is 65.1 Å². The van der Waals surface area contributed by atoms with Crippen LogP contribution in [0.2, 0.25) is 18.1 Å². The first-order valence-electron chi connectivity index (χ1n) is 13.2. The van der Waals surface area contributed by atoms with Crippen LogP contribution in [0.15, 0.2) is 29.2 Å². The van der Waals surface area contributed by atoms with Crippen molar-refractivity contribution in [1.82, 2.24) is 0 Å². The van der Waals surface area contributed by atoms with Crippen LogP contribution in [-0.2, 0) is 23.5 Å². The number of unbranched alkanes of at least 4 members (excludes halogenated alkanes) is 7. The van der Waals surface area contributed by atoms with Gasteiger partial charge in [-0.1, -0.05) is 89.8 Å². The fourth-order valence-corrected chi connectivity index (χ4v) is 6.06. The molecule has 0 amide bonds. The number of epoxide rings is 1. The molecule has 1 aromatic carbocycles. The van der Waals surface area contributed by atoms with Crippen LogP contribution >= 0.6 is 0 Å². The Morgan fingerprint density at radius 3 is 2.03 bits per heavy atom. The number of benzene rings is 1. The number of ether oxygens (including phenoxy) is 1. The van der Waals surface area contributed by atoms with Gasteiger partial charge in [-0.3, -0.25) is 4.18 Å². The Labute approximate surface area is 210 Å². The van der Waals surface area contributed by atoms with Crippen molar-refractivity contribution in [2.45, 2.75) is 127 Å². The third kappa shape index (κ3) is 10.9. The summed E-state index contributed by atoms with van der Waals surface area (Å²) in [6, 6.07) is 6.80. The van der Waals surface area contributed by atoms with Crippen LogP contribution in [0.3, 0.4) is 0 Å². The van der Waals surface area contributed by atoms with Gasteiger partial charge in [-0.25, -0.2) is 0 Å². The molecule has 5 nitrogen and oxygen atoms in total. The molecule has 0 spiro atoms. The van der Waals surface area contributed by atoms with Crippen molar-refractivity contribution < 1.29 is 21.8 Å². The van der Waals surface area contributed by atoms with Crippen molar-refractivity contribution in [2.75, 3.05) is 13.2 Å². The maximum absolute atomic E-state index is 12.7. The van der Waals surface area contributed by atoms with Gasteiger partial charge >= 0.3 is 0 Å². The molecule has 2 rings (SSSR count). The third-order valence-electron chi connectivity index (χ3n) is 7.19. The molecule has 1 fully saturated rings. The zero-order valence-corrected chi connectivity index (χ0v) is 24.2. The fourth-order valence-electron chi connectivity index (χ4n) is 3.75. The summed E-state index contributed by atoms with van der Waals surface area (Å²) in [5.74, 6) is 0. The summed E-state index contributed by atoms with van der Waals surface area (Å²) in [6.07, 6.45) is 12.3. The Kier molecular flexibility index (Phi) is 11.7. The highest BCUT2D eigenvalue weighted by Crippen LogP contribution is 2.38. The lowest BCUT2D eigenvalue weighted by atomic mass is 10.0. The summed E-state index contributed by atoms with van der Waals surface area (Å²) >= 11 is 0. The Morgan fingerprint density at radius 1 is 0.971 bits per heavy atom. The van der Waals surface area contributed by atoms with Crippen LogP contribution in [0.1, 0.15) is 90.5 Å². The molecule has 196 valence electrons.